The van der Waals surface area contributed by atoms with Crippen molar-refractivity contribution in [1.82, 2.24) is 0 Å². The van der Waals surface area contributed by atoms with E-state index in [2.05, 4.69) is 72.2 Å². The summed E-state index contributed by atoms with van der Waals surface area (Å²) in [5, 5.41) is 0. The third-order valence-electron chi connectivity index (χ3n) is 3.33. The van der Waals surface area contributed by atoms with Crippen LogP contribution >= 0.6 is 27.7 Å². The van der Waals surface area contributed by atoms with Crippen LogP contribution in [-0.4, -0.2) is 6.04 Å². The summed E-state index contributed by atoms with van der Waals surface area (Å²) >= 11 is 5.45. The molecule has 1 nitrogen and oxygen atoms in total. The van der Waals surface area contributed by atoms with Crippen LogP contribution in [0.15, 0.2) is 56.7 Å². The minimum absolute atomic E-state index is 0.194. The van der Waals surface area contributed by atoms with Gasteiger partial charge in [0.25, 0.3) is 0 Å². The molecule has 1 atom stereocenters. The van der Waals surface area contributed by atoms with Crippen molar-refractivity contribution in [1.29, 1.82) is 0 Å². The smallest absolute Gasteiger partial charge is 0.0317 e. The Hall–Kier alpha value is -0.770. The van der Waals surface area contributed by atoms with Gasteiger partial charge in [-0.2, -0.15) is 0 Å². The zero-order valence-electron chi connectivity index (χ0n) is 12.8. The first-order chi connectivity index (χ1) is 9.95. The van der Waals surface area contributed by atoms with Gasteiger partial charge in [-0.05, 0) is 70.6 Å². The highest BCUT2D eigenvalue weighted by Crippen LogP contribution is 2.34. The molecule has 0 bridgehead atoms. The predicted octanol–water partition coefficient (Wildman–Crippen LogP) is 5.61. The molecule has 0 amide bonds. The molecule has 21 heavy (non-hydrogen) atoms. The van der Waals surface area contributed by atoms with Crippen LogP contribution in [0, 0.1) is 0 Å². The zero-order chi connectivity index (χ0) is 15.4. The van der Waals surface area contributed by atoms with Crippen LogP contribution in [0.3, 0.4) is 0 Å². The molecular weight excluding hydrogens is 342 g/mol. The lowest BCUT2D eigenvalue weighted by Crippen LogP contribution is -2.17. The van der Waals surface area contributed by atoms with Crippen molar-refractivity contribution < 1.29 is 0 Å². The molecule has 3 heteroatoms. The molecule has 2 rings (SSSR count). The summed E-state index contributed by atoms with van der Waals surface area (Å²) in [7, 11) is 0. The van der Waals surface area contributed by atoms with Gasteiger partial charge >= 0.3 is 0 Å². The second kappa shape index (κ2) is 7.48. The minimum Gasteiger partial charge on any atom is -0.328 e. The van der Waals surface area contributed by atoms with E-state index < -0.39 is 0 Å². The number of rotatable bonds is 5. The quantitative estimate of drug-likeness (QED) is 0.746. The van der Waals surface area contributed by atoms with Gasteiger partial charge in [0.2, 0.25) is 0 Å². The SMILES string of the molecule is CC(N)Cc1ccc(Sc2ccc(C(C)C)cc2)c(Br)c1. The summed E-state index contributed by atoms with van der Waals surface area (Å²) in [6.07, 6.45) is 0.909. The highest BCUT2D eigenvalue weighted by molar-refractivity contribution is 9.10. The Morgan fingerprint density at radius 1 is 1.05 bits per heavy atom. The van der Waals surface area contributed by atoms with Gasteiger partial charge in [0.05, 0.1) is 0 Å². The summed E-state index contributed by atoms with van der Waals surface area (Å²) in [5.74, 6) is 0.577. The number of benzene rings is 2. The Bertz CT molecular complexity index is 591. The lowest BCUT2D eigenvalue weighted by Gasteiger charge is -2.10. The van der Waals surface area contributed by atoms with Crippen LogP contribution in [0.2, 0.25) is 0 Å². The molecule has 0 aliphatic heterocycles. The van der Waals surface area contributed by atoms with Gasteiger partial charge in [-0.15, -0.1) is 0 Å². The van der Waals surface area contributed by atoms with Crippen LogP contribution in [0.5, 0.6) is 0 Å². The second-order valence-corrected chi connectivity index (χ2v) is 7.74. The van der Waals surface area contributed by atoms with E-state index in [0.717, 1.165) is 10.9 Å². The van der Waals surface area contributed by atoms with Crippen molar-refractivity contribution in [2.24, 2.45) is 5.73 Å². The molecule has 0 fully saturated rings. The van der Waals surface area contributed by atoms with E-state index in [1.807, 2.05) is 6.92 Å². The van der Waals surface area contributed by atoms with Gasteiger partial charge in [0, 0.05) is 20.3 Å². The van der Waals surface area contributed by atoms with E-state index in [1.54, 1.807) is 11.8 Å². The van der Waals surface area contributed by atoms with E-state index >= 15 is 0 Å². The molecule has 2 aromatic rings. The summed E-state index contributed by atoms with van der Waals surface area (Å²) < 4.78 is 1.14. The molecule has 1 unspecified atom stereocenters. The fourth-order valence-electron chi connectivity index (χ4n) is 2.17. The highest BCUT2D eigenvalue weighted by atomic mass is 79.9. The zero-order valence-corrected chi connectivity index (χ0v) is 15.2. The first-order valence-corrected chi connectivity index (χ1v) is 8.88. The minimum atomic E-state index is 0.194. The number of halogens is 1. The van der Waals surface area contributed by atoms with E-state index in [0.29, 0.717) is 5.92 Å². The predicted molar refractivity (Wildman–Crippen MR) is 96.1 cm³/mol. The summed E-state index contributed by atoms with van der Waals surface area (Å²) in [4.78, 5) is 2.50. The molecule has 0 spiro atoms. The Labute approximate surface area is 140 Å². The largest absolute Gasteiger partial charge is 0.328 e. The van der Waals surface area contributed by atoms with E-state index in [4.69, 9.17) is 5.73 Å². The highest BCUT2D eigenvalue weighted by Gasteiger charge is 2.06. The average Bonchev–Trinajstić information content (AvgIpc) is 2.42. The molecule has 0 aromatic heterocycles. The molecule has 0 radical (unpaired) electrons. The van der Waals surface area contributed by atoms with Gasteiger partial charge in [-0.1, -0.05) is 43.8 Å². The van der Waals surface area contributed by atoms with Crippen LogP contribution in [0.4, 0.5) is 0 Å². The molecule has 0 aliphatic carbocycles. The van der Waals surface area contributed by atoms with Crippen molar-refractivity contribution in [3.63, 3.8) is 0 Å². The third kappa shape index (κ3) is 4.87. The number of hydrogen-bond acceptors (Lipinski definition) is 2. The van der Waals surface area contributed by atoms with Crippen molar-refractivity contribution in [3.05, 3.63) is 58.1 Å². The van der Waals surface area contributed by atoms with Crippen LogP contribution in [0.1, 0.15) is 37.8 Å². The van der Waals surface area contributed by atoms with Crippen molar-refractivity contribution in [3.8, 4) is 0 Å². The first kappa shape index (κ1) is 16.6. The van der Waals surface area contributed by atoms with Gasteiger partial charge < -0.3 is 5.73 Å². The second-order valence-electron chi connectivity index (χ2n) is 5.77. The molecule has 2 aromatic carbocycles. The van der Waals surface area contributed by atoms with Crippen LogP contribution < -0.4 is 5.73 Å². The lowest BCUT2D eigenvalue weighted by atomic mass is 10.0. The number of nitrogens with two attached hydrogens (primary N) is 1. The fraction of sp³-hybridized carbons (Fsp3) is 0.333. The van der Waals surface area contributed by atoms with Gasteiger partial charge in [-0.25, -0.2) is 0 Å². The topological polar surface area (TPSA) is 26.0 Å². The Morgan fingerprint density at radius 2 is 1.71 bits per heavy atom. The standard InChI is InChI=1S/C18H22BrNS/c1-12(2)15-5-7-16(8-6-15)21-18-9-4-14(10-13(3)20)11-17(18)19/h4-9,11-13H,10,20H2,1-3H3. The maximum Gasteiger partial charge on any atom is 0.0317 e. The molecular formula is C18H22BrNS. The Kier molecular flexibility index (Phi) is 5.91. The van der Waals surface area contributed by atoms with E-state index in [9.17, 15) is 0 Å². The maximum absolute atomic E-state index is 5.85. The maximum atomic E-state index is 5.85. The number of hydrogen-bond donors (Lipinski definition) is 1. The molecule has 0 aliphatic rings. The van der Waals surface area contributed by atoms with Gasteiger partial charge in [-0.3, -0.25) is 0 Å². The average molecular weight is 364 g/mol. The van der Waals surface area contributed by atoms with Gasteiger partial charge in [0.1, 0.15) is 0 Å². The Morgan fingerprint density at radius 3 is 2.24 bits per heavy atom. The summed E-state index contributed by atoms with van der Waals surface area (Å²) in [6.45, 7) is 6.47. The summed E-state index contributed by atoms with van der Waals surface area (Å²) in [5.41, 5.74) is 8.51. The molecule has 0 saturated carbocycles. The van der Waals surface area contributed by atoms with E-state index in [1.165, 1.54) is 20.9 Å². The fourth-order valence-corrected chi connectivity index (χ4v) is 3.66. The summed E-state index contributed by atoms with van der Waals surface area (Å²) in [6, 6.07) is 15.5. The molecule has 0 heterocycles. The van der Waals surface area contributed by atoms with Crippen LogP contribution in [0.25, 0.3) is 0 Å². The molecule has 112 valence electrons. The van der Waals surface area contributed by atoms with Crippen molar-refractivity contribution in [2.45, 2.75) is 48.9 Å². The lowest BCUT2D eigenvalue weighted by molar-refractivity contribution is 0.737. The molecule has 0 saturated heterocycles. The monoisotopic (exact) mass is 363 g/mol. The van der Waals surface area contributed by atoms with Crippen molar-refractivity contribution in [2.75, 3.05) is 0 Å². The van der Waals surface area contributed by atoms with Crippen LogP contribution in [-0.2, 0) is 6.42 Å². The third-order valence-corrected chi connectivity index (χ3v) is 5.33. The normalized spacial score (nSPS) is 12.7. The first-order valence-electron chi connectivity index (χ1n) is 7.27. The van der Waals surface area contributed by atoms with E-state index in [-0.39, 0.29) is 6.04 Å². The van der Waals surface area contributed by atoms with Crippen molar-refractivity contribution >= 4 is 27.7 Å². The molecule has 2 N–H and O–H groups in total. The Balaban J connectivity index is 2.12. The van der Waals surface area contributed by atoms with Gasteiger partial charge in [0.15, 0.2) is 0 Å².